The van der Waals surface area contributed by atoms with Crippen LogP contribution in [0.1, 0.15) is 16.8 Å². The SMILES string of the molecule is Cc1cc(C)cc(OCCN(C)S(=O)(=O)c2sc(=O)[nH]c2C)c1. The Labute approximate surface area is 139 Å². The van der Waals surface area contributed by atoms with Gasteiger partial charge < -0.3 is 9.72 Å². The van der Waals surface area contributed by atoms with Crippen molar-refractivity contribution >= 4 is 21.4 Å². The van der Waals surface area contributed by atoms with Crippen molar-refractivity contribution in [2.24, 2.45) is 0 Å². The standard InChI is InChI=1S/C15H20N2O4S2/c1-10-7-11(2)9-13(8-10)21-6-5-17(4)23(19,20)14-12(3)16-15(18)22-14/h7-9H,5-6H2,1-4H3,(H,16,18). The Bertz CT molecular complexity index is 832. The molecule has 6 nitrogen and oxygen atoms in total. The zero-order chi connectivity index (χ0) is 17.2. The van der Waals surface area contributed by atoms with Gasteiger partial charge in [-0.25, -0.2) is 8.42 Å². The first kappa shape index (κ1) is 17.7. The number of likely N-dealkylation sites (N-methyl/N-ethyl adjacent to an activating group) is 1. The number of thiazole rings is 1. The molecule has 0 amide bonds. The van der Waals surface area contributed by atoms with E-state index in [2.05, 4.69) is 4.98 Å². The van der Waals surface area contributed by atoms with Crippen molar-refractivity contribution in [3.63, 3.8) is 0 Å². The van der Waals surface area contributed by atoms with Crippen LogP contribution in [0.2, 0.25) is 0 Å². The van der Waals surface area contributed by atoms with Gasteiger partial charge in [-0.3, -0.25) is 4.79 Å². The second-order valence-corrected chi connectivity index (χ2v) is 8.65. The predicted molar refractivity (Wildman–Crippen MR) is 90.9 cm³/mol. The maximum atomic E-state index is 12.4. The maximum absolute atomic E-state index is 12.4. The van der Waals surface area contributed by atoms with Crippen LogP contribution in [0.3, 0.4) is 0 Å². The number of aryl methyl sites for hydroxylation is 3. The molecule has 0 aliphatic heterocycles. The van der Waals surface area contributed by atoms with E-state index in [0.29, 0.717) is 17.0 Å². The Morgan fingerprint density at radius 2 is 1.78 bits per heavy atom. The number of nitrogens with one attached hydrogen (secondary N) is 1. The Morgan fingerprint density at radius 1 is 1.17 bits per heavy atom. The van der Waals surface area contributed by atoms with Crippen LogP contribution in [0.25, 0.3) is 0 Å². The summed E-state index contributed by atoms with van der Waals surface area (Å²) < 4.78 is 31.8. The van der Waals surface area contributed by atoms with Crippen LogP contribution in [0, 0.1) is 20.8 Å². The number of nitrogens with zero attached hydrogens (tertiary/aromatic N) is 1. The second kappa shape index (κ2) is 6.86. The number of ether oxygens (including phenoxy) is 1. The Hall–Kier alpha value is -1.64. The third-order valence-corrected chi connectivity index (χ3v) is 6.73. The van der Waals surface area contributed by atoms with Gasteiger partial charge in [0.1, 0.15) is 12.4 Å². The van der Waals surface area contributed by atoms with E-state index in [1.807, 2.05) is 32.0 Å². The van der Waals surface area contributed by atoms with E-state index in [1.165, 1.54) is 11.4 Å². The third kappa shape index (κ3) is 4.21. The van der Waals surface area contributed by atoms with Crippen molar-refractivity contribution in [1.82, 2.24) is 9.29 Å². The summed E-state index contributed by atoms with van der Waals surface area (Å²) >= 11 is 0.702. The fraction of sp³-hybridized carbons (Fsp3) is 0.400. The van der Waals surface area contributed by atoms with Crippen LogP contribution in [0.4, 0.5) is 0 Å². The highest BCUT2D eigenvalue weighted by molar-refractivity contribution is 7.91. The molecule has 8 heteroatoms. The molecule has 126 valence electrons. The van der Waals surface area contributed by atoms with E-state index in [-0.39, 0.29) is 22.2 Å². The number of hydrogen-bond acceptors (Lipinski definition) is 5. The lowest BCUT2D eigenvalue weighted by Gasteiger charge is -2.17. The summed E-state index contributed by atoms with van der Waals surface area (Å²) in [5.74, 6) is 0.718. The summed E-state index contributed by atoms with van der Waals surface area (Å²) in [5.41, 5.74) is 2.55. The molecule has 1 aromatic carbocycles. The molecule has 1 heterocycles. The first-order chi connectivity index (χ1) is 10.7. The predicted octanol–water partition coefficient (Wildman–Crippen LogP) is 2.06. The molecule has 0 aliphatic carbocycles. The van der Waals surface area contributed by atoms with Crippen LogP contribution < -0.4 is 9.61 Å². The molecule has 23 heavy (non-hydrogen) atoms. The maximum Gasteiger partial charge on any atom is 0.305 e. The number of aromatic nitrogens is 1. The second-order valence-electron chi connectivity index (χ2n) is 5.43. The number of hydrogen-bond donors (Lipinski definition) is 1. The zero-order valence-electron chi connectivity index (χ0n) is 13.5. The average molecular weight is 356 g/mol. The van der Waals surface area contributed by atoms with Gasteiger partial charge in [-0.1, -0.05) is 17.4 Å². The Morgan fingerprint density at radius 3 is 2.30 bits per heavy atom. The van der Waals surface area contributed by atoms with Crippen molar-refractivity contribution < 1.29 is 13.2 Å². The summed E-state index contributed by atoms with van der Waals surface area (Å²) in [6, 6.07) is 5.85. The monoisotopic (exact) mass is 356 g/mol. The summed E-state index contributed by atoms with van der Waals surface area (Å²) in [4.78, 5) is 13.4. The first-order valence-corrected chi connectivity index (χ1v) is 9.33. The van der Waals surface area contributed by atoms with E-state index in [9.17, 15) is 13.2 Å². The molecule has 0 saturated heterocycles. The van der Waals surface area contributed by atoms with Gasteiger partial charge in [-0.05, 0) is 44.0 Å². The summed E-state index contributed by atoms with van der Waals surface area (Å²) in [5, 5.41) is 0. The minimum absolute atomic E-state index is 0.0522. The highest BCUT2D eigenvalue weighted by atomic mass is 32.2. The normalized spacial score (nSPS) is 11.9. The van der Waals surface area contributed by atoms with Crippen LogP contribution in [-0.4, -0.2) is 37.9 Å². The lowest BCUT2D eigenvalue weighted by Crippen LogP contribution is -2.31. The smallest absolute Gasteiger partial charge is 0.305 e. The van der Waals surface area contributed by atoms with Gasteiger partial charge in [0.05, 0.1) is 0 Å². The van der Waals surface area contributed by atoms with E-state index in [0.717, 1.165) is 16.9 Å². The zero-order valence-corrected chi connectivity index (χ0v) is 15.2. The van der Waals surface area contributed by atoms with Gasteiger partial charge in [0.25, 0.3) is 10.0 Å². The molecule has 0 atom stereocenters. The molecular weight excluding hydrogens is 336 g/mol. The summed E-state index contributed by atoms with van der Waals surface area (Å²) in [6.45, 7) is 5.96. The third-order valence-electron chi connectivity index (χ3n) is 3.30. The van der Waals surface area contributed by atoms with Gasteiger partial charge in [0.15, 0.2) is 4.21 Å². The molecule has 0 aliphatic rings. The van der Waals surface area contributed by atoms with Crippen molar-refractivity contribution in [1.29, 1.82) is 0 Å². The van der Waals surface area contributed by atoms with Gasteiger partial charge in [0.2, 0.25) is 0 Å². The fourth-order valence-corrected chi connectivity index (χ4v) is 4.85. The van der Waals surface area contributed by atoms with Crippen LogP contribution in [0.5, 0.6) is 5.75 Å². The highest BCUT2D eigenvalue weighted by Gasteiger charge is 2.25. The molecule has 0 spiro atoms. The van der Waals surface area contributed by atoms with E-state index < -0.39 is 10.0 Å². The van der Waals surface area contributed by atoms with Gasteiger partial charge in [-0.15, -0.1) is 0 Å². The minimum Gasteiger partial charge on any atom is -0.492 e. The molecule has 0 bridgehead atoms. The lowest BCUT2D eigenvalue weighted by molar-refractivity contribution is 0.286. The van der Waals surface area contributed by atoms with Gasteiger partial charge in [0, 0.05) is 19.3 Å². The molecule has 0 radical (unpaired) electrons. The highest BCUT2D eigenvalue weighted by Crippen LogP contribution is 2.20. The number of rotatable bonds is 6. The van der Waals surface area contributed by atoms with Gasteiger partial charge in [-0.2, -0.15) is 4.31 Å². The van der Waals surface area contributed by atoms with Crippen molar-refractivity contribution in [3.8, 4) is 5.75 Å². The van der Waals surface area contributed by atoms with Crippen molar-refractivity contribution in [3.05, 3.63) is 44.7 Å². The lowest BCUT2D eigenvalue weighted by atomic mass is 10.1. The van der Waals surface area contributed by atoms with E-state index >= 15 is 0 Å². The molecule has 1 aromatic heterocycles. The van der Waals surface area contributed by atoms with E-state index in [4.69, 9.17) is 4.74 Å². The first-order valence-electron chi connectivity index (χ1n) is 7.07. The Balaban J connectivity index is 2.03. The van der Waals surface area contributed by atoms with Crippen molar-refractivity contribution in [2.75, 3.05) is 20.2 Å². The van der Waals surface area contributed by atoms with Crippen molar-refractivity contribution in [2.45, 2.75) is 25.0 Å². The summed E-state index contributed by atoms with van der Waals surface area (Å²) in [6.07, 6.45) is 0. The number of H-pyrrole nitrogens is 1. The molecule has 0 fully saturated rings. The molecule has 0 saturated carbocycles. The number of benzene rings is 1. The fourth-order valence-electron chi connectivity index (χ4n) is 2.21. The van der Waals surface area contributed by atoms with Crippen LogP contribution in [-0.2, 0) is 10.0 Å². The molecule has 1 N–H and O–H groups in total. The largest absolute Gasteiger partial charge is 0.492 e. The summed E-state index contributed by atoms with van der Waals surface area (Å²) in [7, 11) is -2.20. The Kier molecular flexibility index (Phi) is 5.28. The average Bonchev–Trinajstić information content (AvgIpc) is 2.77. The molecule has 0 unspecified atom stereocenters. The van der Waals surface area contributed by atoms with Crippen LogP contribution >= 0.6 is 11.3 Å². The topological polar surface area (TPSA) is 79.5 Å². The minimum atomic E-state index is -3.68. The quantitative estimate of drug-likeness (QED) is 0.859. The molecule has 2 aromatic rings. The van der Waals surface area contributed by atoms with E-state index in [1.54, 1.807) is 6.92 Å². The van der Waals surface area contributed by atoms with Gasteiger partial charge >= 0.3 is 4.87 Å². The van der Waals surface area contributed by atoms with Crippen LogP contribution in [0.15, 0.2) is 27.2 Å². The molecule has 2 rings (SSSR count). The number of sulfonamides is 1. The number of aromatic amines is 1. The molecular formula is C15H20N2O4S2.